The van der Waals surface area contributed by atoms with Crippen LogP contribution >= 0.6 is 22.9 Å². The average molecular weight is 245 g/mol. The lowest BCUT2D eigenvalue weighted by Crippen LogP contribution is -2.22. The van der Waals surface area contributed by atoms with Gasteiger partial charge in [-0.25, -0.2) is 4.79 Å². The molecule has 0 fully saturated rings. The maximum Gasteiger partial charge on any atom is 0.331 e. The molecule has 15 heavy (non-hydrogen) atoms. The Morgan fingerprint density at radius 2 is 2.13 bits per heavy atom. The van der Waals surface area contributed by atoms with Gasteiger partial charge in [-0.2, -0.15) is 0 Å². The van der Waals surface area contributed by atoms with Gasteiger partial charge in [0.2, 0.25) is 0 Å². The topological polar surface area (TPSA) is 26.3 Å². The molecule has 0 aliphatic heterocycles. The Morgan fingerprint density at radius 3 is 2.60 bits per heavy atom. The largest absolute Gasteiger partial charge is 0.457 e. The Kier molecular flexibility index (Phi) is 3.94. The van der Waals surface area contributed by atoms with Crippen molar-refractivity contribution in [2.45, 2.75) is 26.4 Å². The summed E-state index contributed by atoms with van der Waals surface area (Å²) in [5, 5.41) is 0. The minimum Gasteiger partial charge on any atom is -0.457 e. The summed E-state index contributed by atoms with van der Waals surface area (Å²) in [5.74, 6) is -0.341. The van der Waals surface area contributed by atoms with Crippen LogP contribution in [0.3, 0.4) is 0 Å². The Hall–Kier alpha value is -0.800. The van der Waals surface area contributed by atoms with Gasteiger partial charge in [0.1, 0.15) is 5.60 Å². The molecule has 0 aromatic carbocycles. The van der Waals surface area contributed by atoms with Gasteiger partial charge in [0.25, 0.3) is 0 Å². The predicted octanol–water partition coefficient (Wildman–Crippen LogP) is 3.76. The maximum atomic E-state index is 11.3. The van der Waals surface area contributed by atoms with Crippen LogP contribution in [0, 0.1) is 0 Å². The van der Waals surface area contributed by atoms with E-state index >= 15 is 0 Å². The van der Waals surface area contributed by atoms with Crippen molar-refractivity contribution in [1.29, 1.82) is 0 Å². The molecule has 1 rings (SSSR count). The average Bonchev–Trinajstić information content (AvgIpc) is 2.45. The summed E-state index contributed by atoms with van der Waals surface area (Å²) in [5.41, 5.74) is -0.450. The van der Waals surface area contributed by atoms with Crippen LogP contribution in [0.1, 0.15) is 25.6 Å². The number of ether oxygens (including phenoxy) is 1. The molecule has 0 unspecified atom stereocenters. The molecule has 0 N–H and O–H groups in total. The van der Waals surface area contributed by atoms with Crippen molar-refractivity contribution in [2.24, 2.45) is 0 Å². The summed E-state index contributed by atoms with van der Waals surface area (Å²) < 4.78 is 5.82. The molecule has 0 saturated heterocycles. The second kappa shape index (κ2) is 4.81. The number of carbonyl (C=O) groups is 1. The number of carbonyl (C=O) groups excluding carboxylic acids is 1. The molecule has 0 aliphatic carbocycles. The van der Waals surface area contributed by atoms with Crippen molar-refractivity contribution < 1.29 is 9.53 Å². The van der Waals surface area contributed by atoms with Gasteiger partial charge >= 0.3 is 5.97 Å². The van der Waals surface area contributed by atoms with Crippen molar-refractivity contribution in [2.75, 3.05) is 0 Å². The molecule has 0 radical (unpaired) electrons. The fraction of sp³-hybridized carbons (Fsp3) is 0.364. The first-order chi connectivity index (χ1) is 6.87. The molecule has 2 nitrogen and oxygen atoms in total. The summed E-state index contributed by atoms with van der Waals surface area (Å²) in [6.45, 7) is 5.50. The van der Waals surface area contributed by atoms with Gasteiger partial charge in [-0.05, 0) is 39.0 Å². The first-order valence-electron chi connectivity index (χ1n) is 4.53. The lowest BCUT2D eigenvalue weighted by Gasteiger charge is -2.17. The van der Waals surface area contributed by atoms with Gasteiger partial charge in [-0.1, -0.05) is 11.6 Å². The predicted molar refractivity (Wildman–Crippen MR) is 64.2 cm³/mol. The monoisotopic (exact) mass is 244 g/mol. The first-order valence-corrected chi connectivity index (χ1v) is 5.73. The lowest BCUT2D eigenvalue weighted by molar-refractivity contribution is -0.148. The number of thiophene rings is 1. The highest BCUT2D eigenvalue weighted by Gasteiger charge is 2.13. The molecule has 0 spiro atoms. The zero-order valence-electron chi connectivity index (χ0n) is 8.91. The molecule has 82 valence electrons. The van der Waals surface area contributed by atoms with Crippen LogP contribution in [0.5, 0.6) is 0 Å². The molecule has 0 aliphatic rings. The normalized spacial score (nSPS) is 12.0. The number of hydrogen-bond donors (Lipinski definition) is 0. The minimum absolute atomic E-state index is 0.341. The zero-order valence-corrected chi connectivity index (χ0v) is 10.5. The summed E-state index contributed by atoms with van der Waals surface area (Å²) in [6, 6.07) is 3.65. The summed E-state index contributed by atoms with van der Waals surface area (Å²) in [4.78, 5) is 12.2. The zero-order chi connectivity index (χ0) is 11.5. The molecule has 0 bridgehead atoms. The fourth-order valence-electron chi connectivity index (χ4n) is 0.904. The molecular formula is C11H13ClO2S. The van der Waals surface area contributed by atoms with E-state index in [-0.39, 0.29) is 5.97 Å². The maximum absolute atomic E-state index is 11.3. The van der Waals surface area contributed by atoms with Gasteiger partial charge in [-0.3, -0.25) is 0 Å². The van der Waals surface area contributed by atoms with E-state index in [1.165, 1.54) is 17.4 Å². The third-order valence-electron chi connectivity index (χ3n) is 1.38. The Morgan fingerprint density at radius 1 is 1.47 bits per heavy atom. The van der Waals surface area contributed by atoms with Crippen LogP contribution in [0.25, 0.3) is 6.08 Å². The van der Waals surface area contributed by atoms with Gasteiger partial charge in [0.15, 0.2) is 0 Å². The molecule has 4 heteroatoms. The minimum atomic E-state index is -0.450. The molecular weight excluding hydrogens is 232 g/mol. The quantitative estimate of drug-likeness (QED) is 0.585. The van der Waals surface area contributed by atoms with Gasteiger partial charge in [0, 0.05) is 11.0 Å². The van der Waals surface area contributed by atoms with Crippen LogP contribution in [0.2, 0.25) is 4.34 Å². The number of esters is 1. The number of rotatable bonds is 2. The second-order valence-electron chi connectivity index (χ2n) is 4.01. The van der Waals surface area contributed by atoms with Crippen LogP contribution in [-0.2, 0) is 9.53 Å². The van der Waals surface area contributed by atoms with Crippen molar-refractivity contribution in [3.05, 3.63) is 27.4 Å². The van der Waals surface area contributed by atoms with Crippen molar-refractivity contribution in [3.8, 4) is 0 Å². The van der Waals surface area contributed by atoms with E-state index in [1.54, 1.807) is 12.1 Å². The Bertz CT molecular complexity index is 374. The second-order valence-corrected chi connectivity index (χ2v) is 5.76. The SMILES string of the molecule is CC(C)(C)OC(=O)C=Cc1ccc(Cl)s1. The summed E-state index contributed by atoms with van der Waals surface area (Å²) in [7, 11) is 0. The molecule has 0 amide bonds. The van der Waals surface area contributed by atoms with E-state index in [9.17, 15) is 4.79 Å². The van der Waals surface area contributed by atoms with Crippen LogP contribution < -0.4 is 0 Å². The third-order valence-corrected chi connectivity index (χ3v) is 2.58. The Labute approximate surface area is 98.5 Å². The first kappa shape index (κ1) is 12.3. The highest BCUT2D eigenvalue weighted by atomic mass is 35.5. The number of halogens is 1. The molecule has 0 atom stereocenters. The van der Waals surface area contributed by atoms with E-state index in [2.05, 4.69) is 0 Å². The van der Waals surface area contributed by atoms with Crippen molar-refractivity contribution in [1.82, 2.24) is 0 Å². The van der Waals surface area contributed by atoms with Crippen LogP contribution in [-0.4, -0.2) is 11.6 Å². The molecule has 1 aromatic rings. The van der Waals surface area contributed by atoms with Crippen LogP contribution in [0.15, 0.2) is 18.2 Å². The van der Waals surface area contributed by atoms with E-state index in [1.807, 2.05) is 26.8 Å². The number of hydrogen-bond acceptors (Lipinski definition) is 3. The van der Waals surface area contributed by atoms with Crippen molar-refractivity contribution in [3.63, 3.8) is 0 Å². The van der Waals surface area contributed by atoms with E-state index in [4.69, 9.17) is 16.3 Å². The Balaban J connectivity index is 2.55. The lowest BCUT2D eigenvalue weighted by atomic mass is 10.2. The standard InChI is InChI=1S/C11H13ClO2S/c1-11(2,3)14-10(13)7-5-8-4-6-9(12)15-8/h4-7H,1-3H3. The van der Waals surface area contributed by atoms with E-state index < -0.39 is 5.60 Å². The van der Waals surface area contributed by atoms with E-state index in [0.29, 0.717) is 4.34 Å². The summed E-state index contributed by atoms with van der Waals surface area (Å²) >= 11 is 7.17. The molecule has 1 aromatic heterocycles. The molecule has 1 heterocycles. The highest BCUT2D eigenvalue weighted by Crippen LogP contribution is 2.22. The van der Waals surface area contributed by atoms with Gasteiger partial charge < -0.3 is 4.74 Å². The van der Waals surface area contributed by atoms with Crippen LogP contribution in [0.4, 0.5) is 0 Å². The van der Waals surface area contributed by atoms with Crippen molar-refractivity contribution >= 4 is 35.0 Å². The molecule has 0 saturated carbocycles. The fourth-order valence-corrected chi connectivity index (χ4v) is 1.87. The van der Waals surface area contributed by atoms with Gasteiger partial charge in [0.05, 0.1) is 4.34 Å². The van der Waals surface area contributed by atoms with E-state index in [0.717, 1.165) is 4.88 Å². The summed E-state index contributed by atoms with van der Waals surface area (Å²) in [6.07, 6.45) is 3.11. The third kappa shape index (κ3) is 5.00. The van der Waals surface area contributed by atoms with Gasteiger partial charge in [-0.15, -0.1) is 11.3 Å². The highest BCUT2D eigenvalue weighted by molar-refractivity contribution is 7.17. The smallest absolute Gasteiger partial charge is 0.331 e.